The van der Waals surface area contributed by atoms with Crippen LogP contribution in [-0.2, 0) is 6.54 Å². The summed E-state index contributed by atoms with van der Waals surface area (Å²) in [5.74, 6) is -1.30. The van der Waals surface area contributed by atoms with Crippen LogP contribution in [0.1, 0.15) is 26.3 Å². The number of carbonyl (C=O) groups is 2. The van der Waals surface area contributed by atoms with Crippen LogP contribution < -0.4 is 10.1 Å². The minimum atomic E-state index is -4.50. The van der Waals surface area contributed by atoms with Gasteiger partial charge in [-0.2, -0.15) is 22.0 Å². The van der Waals surface area contributed by atoms with Crippen molar-refractivity contribution in [3.63, 3.8) is 0 Å². The van der Waals surface area contributed by atoms with Crippen molar-refractivity contribution in [3.8, 4) is 5.75 Å². The van der Waals surface area contributed by atoms with Gasteiger partial charge < -0.3 is 15.0 Å². The van der Waals surface area contributed by atoms with Gasteiger partial charge in [0.25, 0.3) is 11.8 Å². The van der Waals surface area contributed by atoms with Crippen LogP contribution in [0, 0.1) is 0 Å². The van der Waals surface area contributed by atoms with Crippen LogP contribution >= 0.6 is 0 Å². The number of nitrogens with zero attached hydrogens (tertiary/aromatic N) is 1. The molecule has 156 valence electrons. The van der Waals surface area contributed by atoms with Crippen LogP contribution in [0.2, 0.25) is 0 Å². The first-order chi connectivity index (χ1) is 13.5. The first-order valence-corrected chi connectivity index (χ1v) is 8.29. The van der Waals surface area contributed by atoms with E-state index in [1.54, 1.807) is 5.32 Å². The number of ether oxygens (including phenoxy) is 1. The van der Waals surface area contributed by atoms with E-state index in [0.717, 1.165) is 0 Å². The zero-order chi connectivity index (χ0) is 21.6. The lowest BCUT2D eigenvalue weighted by molar-refractivity contribution is -0.123. The number of amides is 2. The number of rotatable bonds is 7. The summed E-state index contributed by atoms with van der Waals surface area (Å²) < 4.78 is 64.9. The van der Waals surface area contributed by atoms with Crippen molar-refractivity contribution in [1.82, 2.24) is 10.2 Å². The largest absolute Gasteiger partial charge is 0.435 e. The van der Waals surface area contributed by atoms with Crippen molar-refractivity contribution in [2.45, 2.75) is 19.3 Å². The highest BCUT2D eigenvalue weighted by atomic mass is 19.4. The first kappa shape index (κ1) is 22.1. The normalized spacial score (nSPS) is 11.3. The molecule has 2 aromatic carbocycles. The minimum absolute atomic E-state index is 0.0570. The molecule has 0 aliphatic carbocycles. The summed E-state index contributed by atoms with van der Waals surface area (Å²) in [6.45, 7) is -4.22. The zero-order valence-corrected chi connectivity index (χ0v) is 15.2. The fourth-order valence-electron chi connectivity index (χ4n) is 2.39. The van der Waals surface area contributed by atoms with Gasteiger partial charge >= 0.3 is 12.8 Å². The molecule has 0 atom stereocenters. The fraction of sp³-hybridized carbons (Fsp3) is 0.263. The Hall–Kier alpha value is -3.17. The van der Waals surface area contributed by atoms with Gasteiger partial charge in [-0.3, -0.25) is 9.59 Å². The Kier molecular flexibility index (Phi) is 7.13. The summed E-state index contributed by atoms with van der Waals surface area (Å²) in [4.78, 5) is 25.4. The van der Waals surface area contributed by atoms with E-state index in [4.69, 9.17) is 0 Å². The highest BCUT2D eigenvalue weighted by molar-refractivity contribution is 5.95. The number of halogens is 5. The Morgan fingerprint density at radius 2 is 1.55 bits per heavy atom. The predicted molar refractivity (Wildman–Crippen MR) is 93.7 cm³/mol. The number of nitrogens with one attached hydrogen (secondary N) is 1. The molecule has 1 N–H and O–H groups in total. The second kappa shape index (κ2) is 9.35. The van der Waals surface area contributed by atoms with Gasteiger partial charge in [-0.1, -0.05) is 12.1 Å². The molecule has 0 radical (unpaired) electrons. The van der Waals surface area contributed by atoms with Crippen molar-refractivity contribution in [1.29, 1.82) is 0 Å². The van der Waals surface area contributed by atoms with E-state index in [-0.39, 0.29) is 29.3 Å². The van der Waals surface area contributed by atoms with Crippen LogP contribution in [-0.4, -0.2) is 43.1 Å². The Bertz CT molecular complexity index is 836. The second-order valence-electron chi connectivity index (χ2n) is 6.06. The Labute approximate surface area is 163 Å². The van der Waals surface area contributed by atoms with Crippen LogP contribution in [0.4, 0.5) is 22.0 Å². The molecule has 10 heteroatoms. The van der Waals surface area contributed by atoms with Crippen molar-refractivity contribution < 1.29 is 36.3 Å². The highest BCUT2D eigenvalue weighted by Crippen LogP contribution is 2.17. The average molecular weight is 416 g/mol. The molecule has 0 fully saturated rings. The van der Waals surface area contributed by atoms with Crippen LogP contribution in [0.3, 0.4) is 0 Å². The zero-order valence-electron chi connectivity index (χ0n) is 15.2. The van der Waals surface area contributed by atoms with Gasteiger partial charge in [0.15, 0.2) is 0 Å². The van der Waals surface area contributed by atoms with E-state index in [2.05, 4.69) is 4.74 Å². The highest BCUT2D eigenvalue weighted by Gasteiger charge is 2.27. The molecule has 2 amide bonds. The van der Waals surface area contributed by atoms with E-state index < -0.39 is 25.2 Å². The molecule has 0 bridgehead atoms. The second-order valence-corrected chi connectivity index (χ2v) is 6.06. The van der Waals surface area contributed by atoms with Gasteiger partial charge in [0.1, 0.15) is 12.3 Å². The summed E-state index contributed by atoms with van der Waals surface area (Å²) in [5, 5.41) is 1.77. The van der Waals surface area contributed by atoms with Gasteiger partial charge in [-0.05, 0) is 42.0 Å². The summed E-state index contributed by atoms with van der Waals surface area (Å²) >= 11 is 0. The molecule has 0 aromatic heterocycles. The van der Waals surface area contributed by atoms with Crippen molar-refractivity contribution in [2.75, 3.05) is 13.6 Å². The molecule has 0 aliphatic rings. The number of carbonyl (C=O) groups excluding carboxylic acids is 2. The smallest absolute Gasteiger partial charge is 0.405 e. The quantitative estimate of drug-likeness (QED) is 0.698. The molecule has 2 aromatic rings. The van der Waals surface area contributed by atoms with E-state index in [0.29, 0.717) is 5.56 Å². The van der Waals surface area contributed by atoms with Crippen molar-refractivity contribution in [2.24, 2.45) is 0 Å². The lowest BCUT2D eigenvalue weighted by Gasteiger charge is -2.18. The third kappa shape index (κ3) is 7.05. The van der Waals surface area contributed by atoms with Crippen molar-refractivity contribution in [3.05, 3.63) is 65.2 Å². The SMILES string of the molecule is CN(Cc1ccc(C(=O)NCC(F)(F)F)cc1)C(=O)c1ccc(OC(F)F)cc1. The molecule has 0 saturated carbocycles. The van der Waals surface area contributed by atoms with Crippen LogP contribution in [0.15, 0.2) is 48.5 Å². The number of hydrogen-bond acceptors (Lipinski definition) is 3. The number of alkyl halides is 5. The molecule has 0 heterocycles. The molecule has 0 spiro atoms. The summed E-state index contributed by atoms with van der Waals surface area (Å²) in [6.07, 6.45) is -4.50. The maximum Gasteiger partial charge on any atom is 0.405 e. The summed E-state index contributed by atoms with van der Waals surface area (Å²) in [5.41, 5.74) is 0.963. The Morgan fingerprint density at radius 3 is 2.07 bits per heavy atom. The average Bonchev–Trinajstić information content (AvgIpc) is 2.65. The molecule has 5 nitrogen and oxygen atoms in total. The molecule has 0 unspecified atom stereocenters. The standard InChI is InChI=1S/C19H17F5N2O3/c1-26(17(28)14-6-8-15(9-7-14)29-18(20)21)10-12-2-4-13(5-3-12)16(27)25-11-19(22,23)24/h2-9,18H,10-11H2,1H3,(H,25,27). The van der Waals surface area contributed by atoms with E-state index in [9.17, 15) is 31.5 Å². The maximum atomic E-state index is 12.4. The summed E-state index contributed by atoms with van der Waals surface area (Å²) in [6, 6.07) is 11.0. The molecular weight excluding hydrogens is 399 g/mol. The molecule has 29 heavy (non-hydrogen) atoms. The van der Waals surface area contributed by atoms with Crippen molar-refractivity contribution >= 4 is 11.8 Å². The molecule has 0 saturated heterocycles. The Balaban J connectivity index is 1.95. The predicted octanol–water partition coefficient (Wildman–Crippen LogP) is 3.85. The fourth-order valence-corrected chi connectivity index (χ4v) is 2.39. The van der Waals surface area contributed by atoms with Gasteiger partial charge in [0.05, 0.1) is 0 Å². The topological polar surface area (TPSA) is 58.6 Å². The minimum Gasteiger partial charge on any atom is -0.435 e. The lowest BCUT2D eigenvalue weighted by atomic mass is 10.1. The van der Waals surface area contributed by atoms with Crippen LogP contribution in [0.25, 0.3) is 0 Å². The first-order valence-electron chi connectivity index (χ1n) is 8.29. The molecular formula is C19H17F5N2O3. The van der Waals surface area contributed by atoms with Gasteiger partial charge in [-0.25, -0.2) is 0 Å². The third-order valence-corrected chi connectivity index (χ3v) is 3.76. The number of benzene rings is 2. The third-order valence-electron chi connectivity index (χ3n) is 3.76. The van der Waals surface area contributed by atoms with E-state index >= 15 is 0 Å². The van der Waals surface area contributed by atoms with E-state index in [1.165, 1.54) is 60.5 Å². The van der Waals surface area contributed by atoms with Gasteiger partial charge in [0, 0.05) is 24.7 Å². The lowest BCUT2D eigenvalue weighted by Crippen LogP contribution is -2.33. The number of hydrogen-bond donors (Lipinski definition) is 1. The molecule has 0 aliphatic heterocycles. The van der Waals surface area contributed by atoms with Gasteiger partial charge in [0.2, 0.25) is 0 Å². The Morgan fingerprint density at radius 1 is 1.00 bits per heavy atom. The maximum absolute atomic E-state index is 12.4. The summed E-state index contributed by atoms with van der Waals surface area (Å²) in [7, 11) is 1.52. The van der Waals surface area contributed by atoms with Crippen LogP contribution in [0.5, 0.6) is 5.75 Å². The van der Waals surface area contributed by atoms with Gasteiger partial charge in [-0.15, -0.1) is 0 Å². The van der Waals surface area contributed by atoms with E-state index in [1.807, 2.05) is 0 Å². The monoisotopic (exact) mass is 416 g/mol. The molecule has 2 rings (SSSR count).